The topological polar surface area (TPSA) is 55.3 Å². The van der Waals surface area contributed by atoms with Crippen molar-refractivity contribution >= 4 is 5.91 Å². The Morgan fingerprint density at radius 2 is 1.90 bits per heavy atom. The van der Waals surface area contributed by atoms with Crippen molar-refractivity contribution in [3.8, 4) is 17.1 Å². The van der Waals surface area contributed by atoms with Gasteiger partial charge in [0, 0.05) is 36.2 Å². The van der Waals surface area contributed by atoms with E-state index in [4.69, 9.17) is 9.72 Å². The first-order valence-electron chi connectivity index (χ1n) is 10.6. The van der Waals surface area contributed by atoms with E-state index < -0.39 is 0 Å². The highest BCUT2D eigenvalue weighted by atomic mass is 16.5. The second-order valence-electron chi connectivity index (χ2n) is 8.06. The molecule has 0 unspecified atom stereocenters. The zero-order valence-electron chi connectivity index (χ0n) is 17.1. The van der Waals surface area contributed by atoms with E-state index in [1.54, 1.807) is 7.11 Å². The van der Waals surface area contributed by atoms with Crippen LogP contribution in [0.25, 0.3) is 11.4 Å². The number of hydrogen-bond acceptors (Lipinski definition) is 4. The highest BCUT2D eigenvalue weighted by molar-refractivity contribution is 5.78. The first-order chi connectivity index (χ1) is 14.7. The number of methoxy groups -OCH3 is 1. The summed E-state index contributed by atoms with van der Waals surface area (Å²) in [5, 5.41) is 0. The van der Waals surface area contributed by atoms with Crippen LogP contribution in [-0.2, 0) is 17.6 Å². The molecule has 30 heavy (non-hydrogen) atoms. The maximum atomic E-state index is 13.1. The average Bonchev–Trinajstić information content (AvgIpc) is 3.12. The maximum absolute atomic E-state index is 13.1. The summed E-state index contributed by atoms with van der Waals surface area (Å²) in [7, 11) is 1.66. The maximum Gasteiger partial charge on any atom is 0.223 e. The molecule has 0 spiro atoms. The molecular formula is C25H25N3O2. The summed E-state index contributed by atoms with van der Waals surface area (Å²) in [4.78, 5) is 24.7. The zero-order valence-corrected chi connectivity index (χ0v) is 17.1. The summed E-state index contributed by atoms with van der Waals surface area (Å²) in [6, 6.07) is 18.4. The Morgan fingerprint density at radius 1 is 1.10 bits per heavy atom. The minimum absolute atomic E-state index is 0.118. The van der Waals surface area contributed by atoms with Gasteiger partial charge in [0.15, 0.2) is 5.82 Å². The van der Waals surface area contributed by atoms with Crippen LogP contribution in [0.3, 0.4) is 0 Å². The Hall–Kier alpha value is -3.21. The van der Waals surface area contributed by atoms with Gasteiger partial charge in [-0.1, -0.05) is 42.5 Å². The second kappa shape index (κ2) is 7.90. The number of fused-ring (bicyclic) bond motifs is 4. The standard InChI is InChI=1S/C25H25N3O2/c1-30-20-11-7-17(8-12-20)9-14-24(29)28-19-10-13-23(28)21-16-26-25(27-22(21)15-19)18-5-3-2-4-6-18/h2-8,11-12,16,19,23H,9-10,13-15H2,1H3/t19-,23+/m0/s1. The normalized spacial score (nSPS) is 19.4. The lowest BCUT2D eigenvalue weighted by Gasteiger charge is -2.36. The number of carbonyl (C=O) groups is 1. The molecule has 0 radical (unpaired) electrons. The molecule has 0 N–H and O–H groups in total. The lowest BCUT2D eigenvalue weighted by molar-refractivity contribution is -0.134. The summed E-state index contributed by atoms with van der Waals surface area (Å²) in [5.74, 6) is 1.84. The molecule has 1 amide bonds. The number of amides is 1. The molecule has 2 aliphatic heterocycles. The van der Waals surface area contributed by atoms with Crippen LogP contribution in [0.4, 0.5) is 0 Å². The molecule has 1 fully saturated rings. The summed E-state index contributed by atoms with van der Waals surface area (Å²) >= 11 is 0. The molecule has 2 atom stereocenters. The molecule has 2 bridgehead atoms. The van der Waals surface area contributed by atoms with E-state index in [-0.39, 0.29) is 18.0 Å². The van der Waals surface area contributed by atoms with Crippen molar-refractivity contribution in [1.29, 1.82) is 0 Å². The molecule has 0 saturated carbocycles. The number of nitrogens with zero attached hydrogens (tertiary/aromatic N) is 3. The fraction of sp³-hybridized carbons (Fsp3) is 0.320. The third-order valence-electron chi connectivity index (χ3n) is 6.30. The molecule has 2 aliphatic rings. The smallest absolute Gasteiger partial charge is 0.223 e. The van der Waals surface area contributed by atoms with E-state index in [0.29, 0.717) is 6.42 Å². The van der Waals surface area contributed by atoms with E-state index in [1.165, 1.54) is 0 Å². The molecule has 1 aromatic heterocycles. The lowest BCUT2D eigenvalue weighted by atomic mass is 9.98. The Bertz CT molecular complexity index is 1050. The number of hydrogen-bond donors (Lipinski definition) is 0. The molecule has 3 heterocycles. The van der Waals surface area contributed by atoms with Gasteiger partial charge in [0.2, 0.25) is 5.91 Å². The monoisotopic (exact) mass is 399 g/mol. The molecule has 5 rings (SSSR count). The van der Waals surface area contributed by atoms with E-state index in [2.05, 4.69) is 9.88 Å². The molecule has 5 heteroatoms. The summed E-state index contributed by atoms with van der Waals surface area (Å²) in [6.07, 6.45) is 6.08. The van der Waals surface area contributed by atoms with Gasteiger partial charge in [-0.3, -0.25) is 4.79 Å². The molecule has 2 aromatic carbocycles. The predicted molar refractivity (Wildman–Crippen MR) is 115 cm³/mol. The van der Waals surface area contributed by atoms with E-state index in [9.17, 15) is 4.79 Å². The molecular weight excluding hydrogens is 374 g/mol. The summed E-state index contributed by atoms with van der Waals surface area (Å²) < 4.78 is 5.21. The van der Waals surface area contributed by atoms with E-state index >= 15 is 0 Å². The zero-order chi connectivity index (χ0) is 20.5. The number of aryl methyl sites for hydroxylation is 1. The molecule has 1 saturated heterocycles. The minimum atomic E-state index is 0.118. The van der Waals surface area contributed by atoms with Gasteiger partial charge in [-0.25, -0.2) is 9.97 Å². The Labute approximate surface area is 176 Å². The Morgan fingerprint density at radius 3 is 2.67 bits per heavy atom. The molecule has 152 valence electrons. The van der Waals surface area contributed by atoms with E-state index in [0.717, 1.165) is 59.6 Å². The van der Waals surface area contributed by atoms with Crippen molar-refractivity contribution in [2.75, 3.05) is 7.11 Å². The molecule has 3 aromatic rings. The second-order valence-corrected chi connectivity index (χ2v) is 8.06. The van der Waals surface area contributed by atoms with Crippen LogP contribution in [0.2, 0.25) is 0 Å². The van der Waals surface area contributed by atoms with Gasteiger partial charge < -0.3 is 9.64 Å². The first-order valence-corrected chi connectivity index (χ1v) is 10.6. The third kappa shape index (κ3) is 3.45. The van der Waals surface area contributed by atoms with Crippen molar-refractivity contribution in [3.63, 3.8) is 0 Å². The lowest BCUT2D eigenvalue weighted by Crippen LogP contribution is -2.42. The highest BCUT2D eigenvalue weighted by Gasteiger charge is 2.43. The van der Waals surface area contributed by atoms with Crippen LogP contribution in [0.1, 0.15) is 42.1 Å². The largest absolute Gasteiger partial charge is 0.497 e. The Kier molecular flexibility index (Phi) is 4.95. The van der Waals surface area contributed by atoms with Gasteiger partial charge in [0.05, 0.1) is 18.8 Å². The van der Waals surface area contributed by atoms with Crippen LogP contribution in [0.5, 0.6) is 5.75 Å². The quantitative estimate of drug-likeness (QED) is 0.639. The third-order valence-corrected chi connectivity index (χ3v) is 6.30. The number of ether oxygens (including phenoxy) is 1. The van der Waals surface area contributed by atoms with Crippen molar-refractivity contribution < 1.29 is 9.53 Å². The average molecular weight is 399 g/mol. The van der Waals surface area contributed by atoms with Gasteiger partial charge in [-0.15, -0.1) is 0 Å². The van der Waals surface area contributed by atoms with Crippen molar-refractivity contribution in [1.82, 2.24) is 14.9 Å². The Balaban J connectivity index is 1.32. The first kappa shape index (κ1) is 18.8. The summed E-state index contributed by atoms with van der Waals surface area (Å²) in [6.45, 7) is 0. The van der Waals surface area contributed by atoms with Crippen LogP contribution in [-0.4, -0.2) is 33.9 Å². The van der Waals surface area contributed by atoms with Crippen LogP contribution < -0.4 is 4.74 Å². The number of carbonyl (C=O) groups excluding carboxylic acids is 1. The van der Waals surface area contributed by atoms with Crippen molar-refractivity contribution in [3.05, 3.63) is 77.6 Å². The highest BCUT2D eigenvalue weighted by Crippen LogP contribution is 2.43. The van der Waals surface area contributed by atoms with Gasteiger partial charge in [0.25, 0.3) is 0 Å². The SMILES string of the molecule is COc1ccc(CCC(=O)N2[C@H]3CC[C@@H]2c2cnc(-c4ccccc4)nc2C3)cc1. The van der Waals surface area contributed by atoms with Crippen LogP contribution in [0.15, 0.2) is 60.8 Å². The van der Waals surface area contributed by atoms with E-state index in [1.807, 2.05) is 60.8 Å². The summed E-state index contributed by atoms with van der Waals surface area (Å²) in [5.41, 5.74) is 4.42. The number of benzene rings is 2. The van der Waals surface area contributed by atoms with Crippen molar-refractivity contribution in [2.45, 2.75) is 44.2 Å². The number of rotatable bonds is 5. The fourth-order valence-corrected chi connectivity index (χ4v) is 4.76. The van der Waals surface area contributed by atoms with Gasteiger partial charge in [0.1, 0.15) is 5.75 Å². The minimum Gasteiger partial charge on any atom is -0.497 e. The molecule has 0 aliphatic carbocycles. The van der Waals surface area contributed by atoms with Crippen molar-refractivity contribution in [2.24, 2.45) is 0 Å². The van der Waals surface area contributed by atoms with Crippen LogP contribution in [0, 0.1) is 0 Å². The predicted octanol–water partition coefficient (Wildman–Crippen LogP) is 4.37. The number of aromatic nitrogens is 2. The van der Waals surface area contributed by atoms with Gasteiger partial charge >= 0.3 is 0 Å². The fourth-order valence-electron chi connectivity index (χ4n) is 4.76. The van der Waals surface area contributed by atoms with Gasteiger partial charge in [-0.2, -0.15) is 0 Å². The van der Waals surface area contributed by atoms with Gasteiger partial charge in [-0.05, 0) is 37.0 Å². The molecule has 5 nitrogen and oxygen atoms in total. The van der Waals surface area contributed by atoms with Crippen LogP contribution >= 0.6 is 0 Å².